The van der Waals surface area contributed by atoms with Gasteiger partial charge in [-0.05, 0) is 19.3 Å². The highest BCUT2D eigenvalue weighted by atomic mass is 16.3. The second-order valence-corrected chi connectivity index (χ2v) is 7.32. The molecule has 1 nitrogen and oxygen atoms in total. The highest BCUT2D eigenvalue weighted by molar-refractivity contribution is 4.77. The SMILES string of the molecule is CCCCCCCCCC([O])(CCC)CCCCCCCC. The number of unbranched alkanes of at least 4 members (excludes halogenated alkanes) is 11. The van der Waals surface area contributed by atoms with Gasteiger partial charge in [-0.15, -0.1) is 0 Å². The van der Waals surface area contributed by atoms with E-state index in [0.717, 1.165) is 38.5 Å². The zero-order chi connectivity index (χ0) is 16.5. The van der Waals surface area contributed by atoms with Crippen LogP contribution < -0.4 is 0 Å². The van der Waals surface area contributed by atoms with Crippen LogP contribution in [0.25, 0.3) is 0 Å². The van der Waals surface area contributed by atoms with Crippen molar-refractivity contribution in [2.45, 2.75) is 136 Å². The molecule has 0 heterocycles. The molecule has 0 saturated carbocycles. The van der Waals surface area contributed by atoms with Crippen molar-refractivity contribution in [3.05, 3.63) is 0 Å². The first-order valence-electron chi connectivity index (χ1n) is 10.4. The molecule has 0 amide bonds. The van der Waals surface area contributed by atoms with Gasteiger partial charge in [0.15, 0.2) is 0 Å². The molecule has 1 heteroatoms. The quantitative estimate of drug-likeness (QED) is 0.244. The van der Waals surface area contributed by atoms with E-state index in [1.807, 2.05) is 0 Å². The van der Waals surface area contributed by atoms with Crippen LogP contribution in [0.5, 0.6) is 0 Å². The third kappa shape index (κ3) is 13.6. The lowest BCUT2D eigenvalue weighted by molar-refractivity contribution is -0.0545. The molecular formula is C21H43O. The van der Waals surface area contributed by atoms with Crippen LogP contribution in [-0.2, 0) is 5.11 Å². The Hall–Kier alpha value is -0.0400. The van der Waals surface area contributed by atoms with Crippen molar-refractivity contribution in [1.82, 2.24) is 0 Å². The van der Waals surface area contributed by atoms with Gasteiger partial charge in [0.1, 0.15) is 5.60 Å². The van der Waals surface area contributed by atoms with Crippen molar-refractivity contribution in [3.63, 3.8) is 0 Å². The van der Waals surface area contributed by atoms with Gasteiger partial charge in [0.2, 0.25) is 0 Å². The Morgan fingerprint density at radius 3 is 1.18 bits per heavy atom. The fraction of sp³-hybridized carbons (Fsp3) is 1.00. The largest absolute Gasteiger partial charge is 0.229 e. The molecule has 0 spiro atoms. The Morgan fingerprint density at radius 2 is 0.818 bits per heavy atom. The van der Waals surface area contributed by atoms with Crippen molar-refractivity contribution < 1.29 is 5.11 Å². The zero-order valence-corrected chi connectivity index (χ0v) is 15.9. The summed E-state index contributed by atoms with van der Waals surface area (Å²) in [6, 6.07) is 0. The Bertz CT molecular complexity index is 214. The second kappa shape index (κ2) is 15.8. The minimum atomic E-state index is -0.608. The van der Waals surface area contributed by atoms with Crippen molar-refractivity contribution >= 4 is 0 Å². The molecule has 0 aromatic heterocycles. The minimum absolute atomic E-state index is 0.608. The Balaban J connectivity index is 3.71. The van der Waals surface area contributed by atoms with Gasteiger partial charge in [0, 0.05) is 0 Å². The van der Waals surface area contributed by atoms with Crippen LogP contribution in [-0.4, -0.2) is 5.60 Å². The molecule has 0 aliphatic heterocycles. The molecule has 0 aromatic carbocycles. The van der Waals surface area contributed by atoms with Gasteiger partial charge in [-0.2, -0.15) is 0 Å². The van der Waals surface area contributed by atoms with Crippen molar-refractivity contribution in [1.29, 1.82) is 0 Å². The maximum absolute atomic E-state index is 12.9. The van der Waals surface area contributed by atoms with Gasteiger partial charge in [-0.1, -0.05) is 111 Å². The summed E-state index contributed by atoms with van der Waals surface area (Å²) in [4.78, 5) is 0. The lowest BCUT2D eigenvalue weighted by Crippen LogP contribution is -2.26. The fourth-order valence-electron chi connectivity index (χ4n) is 3.46. The van der Waals surface area contributed by atoms with Crippen LogP contribution in [0.3, 0.4) is 0 Å². The lowest BCUT2D eigenvalue weighted by atomic mass is 9.86. The number of rotatable bonds is 17. The predicted octanol–water partition coefficient (Wildman–Crippen LogP) is 7.85. The highest BCUT2D eigenvalue weighted by Crippen LogP contribution is 2.28. The standard InChI is InChI=1S/C21H43O/c1-4-7-9-11-13-15-17-20-21(22,18-6-3)19-16-14-12-10-8-5-2/h4-20H2,1-3H3. The Morgan fingerprint density at radius 1 is 0.455 bits per heavy atom. The molecule has 0 aliphatic carbocycles. The minimum Gasteiger partial charge on any atom is -0.229 e. The molecular weight excluding hydrogens is 268 g/mol. The zero-order valence-electron chi connectivity index (χ0n) is 15.9. The van der Waals surface area contributed by atoms with Crippen LogP contribution in [0.15, 0.2) is 0 Å². The molecule has 1 unspecified atom stereocenters. The molecule has 1 atom stereocenters. The van der Waals surface area contributed by atoms with E-state index >= 15 is 0 Å². The molecule has 0 bridgehead atoms. The van der Waals surface area contributed by atoms with E-state index in [4.69, 9.17) is 0 Å². The van der Waals surface area contributed by atoms with Gasteiger partial charge in [0.25, 0.3) is 0 Å². The smallest absolute Gasteiger partial charge is 0.104 e. The first-order chi connectivity index (χ1) is 10.7. The topological polar surface area (TPSA) is 19.9 Å². The van der Waals surface area contributed by atoms with E-state index in [2.05, 4.69) is 20.8 Å². The summed E-state index contributed by atoms with van der Waals surface area (Å²) in [5, 5.41) is 12.9. The van der Waals surface area contributed by atoms with Gasteiger partial charge < -0.3 is 0 Å². The molecule has 22 heavy (non-hydrogen) atoms. The summed E-state index contributed by atoms with van der Waals surface area (Å²) in [5.41, 5.74) is -0.608. The summed E-state index contributed by atoms with van der Waals surface area (Å²) < 4.78 is 0. The van der Waals surface area contributed by atoms with Gasteiger partial charge in [-0.25, -0.2) is 5.11 Å². The van der Waals surface area contributed by atoms with E-state index in [0.29, 0.717) is 0 Å². The van der Waals surface area contributed by atoms with E-state index in [1.165, 1.54) is 70.6 Å². The molecule has 0 fully saturated rings. The normalized spacial score (nSPS) is 14.2. The highest BCUT2D eigenvalue weighted by Gasteiger charge is 2.26. The van der Waals surface area contributed by atoms with E-state index in [-0.39, 0.29) is 0 Å². The fourth-order valence-corrected chi connectivity index (χ4v) is 3.46. The first kappa shape index (κ1) is 22.0. The van der Waals surface area contributed by atoms with Crippen molar-refractivity contribution in [2.75, 3.05) is 0 Å². The van der Waals surface area contributed by atoms with Crippen LogP contribution >= 0.6 is 0 Å². The molecule has 0 rings (SSSR count). The predicted molar refractivity (Wildman–Crippen MR) is 98.9 cm³/mol. The summed E-state index contributed by atoms with van der Waals surface area (Å²) in [7, 11) is 0. The Kier molecular flexibility index (Phi) is 15.8. The average molecular weight is 312 g/mol. The van der Waals surface area contributed by atoms with Crippen LogP contribution in [0, 0.1) is 0 Å². The van der Waals surface area contributed by atoms with Crippen molar-refractivity contribution in [3.8, 4) is 0 Å². The molecule has 0 N–H and O–H groups in total. The third-order valence-corrected chi connectivity index (χ3v) is 4.93. The van der Waals surface area contributed by atoms with Crippen LogP contribution in [0.4, 0.5) is 0 Å². The third-order valence-electron chi connectivity index (χ3n) is 4.93. The molecule has 0 aromatic rings. The maximum atomic E-state index is 12.9. The summed E-state index contributed by atoms with van der Waals surface area (Å²) in [6.45, 7) is 6.68. The second-order valence-electron chi connectivity index (χ2n) is 7.32. The summed E-state index contributed by atoms with van der Waals surface area (Å²) in [6.07, 6.45) is 20.7. The molecule has 0 aliphatic rings. The summed E-state index contributed by atoms with van der Waals surface area (Å²) in [5.74, 6) is 0. The van der Waals surface area contributed by atoms with Gasteiger partial charge in [-0.3, -0.25) is 0 Å². The monoisotopic (exact) mass is 311 g/mol. The van der Waals surface area contributed by atoms with Crippen molar-refractivity contribution in [2.24, 2.45) is 0 Å². The molecule has 1 radical (unpaired) electrons. The maximum Gasteiger partial charge on any atom is 0.104 e. The molecule has 0 saturated heterocycles. The average Bonchev–Trinajstić information content (AvgIpc) is 2.50. The first-order valence-corrected chi connectivity index (χ1v) is 10.4. The van der Waals surface area contributed by atoms with Gasteiger partial charge in [0.05, 0.1) is 0 Å². The van der Waals surface area contributed by atoms with Crippen LogP contribution in [0.2, 0.25) is 0 Å². The number of hydrogen-bond donors (Lipinski definition) is 0. The molecule has 133 valence electrons. The van der Waals surface area contributed by atoms with E-state index in [1.54, 1.807) is 0 Å². The number of hydrogen-bond acceptors (Lipinski definition) is 0. The lowest BCUT2D eigenvalue weighted by Gasteiger charge is -2.25. The Labute approximate surface area is 141 Å². The summed E-state index contributed by atoms with van der Waals surface area (Å²) >= 11 is 0. The van der Waals surface area contributed by atoms with E-state index in [9.17, 15) is 5.11 Å². The van der Waals surface area contributed by atoms with E-state index < -0.39 is 5.60 Å². The van der Waals surface area contributed by atoms with Gasteiger partial charge >= 0.3 is 0 Å². The van der Waals surface area contributed by atoms with Crippen LogP contribution in [0.1, 0.15) is 130 Å².